The maximum absolute atomic E-state index is 12.7. The average Bonchev–Trinajstić information content (AvgIpc) is 2.20. The zero-order chi connectivity index (χ0) is 9.10. The molecule has 1 aliphatic rings. The maximum Gasteiger partial charge on any atom is 0.123 e. The minimum atomic E-state index is -0.764. The first kappa shape index (κ1) is 8.70. The van der Waals surface area contributed by atoms with Crippen LogP contribution >= 0.6 is 0 Å². The van der Waals surface area contributed by atoms with Gasteiger partial charge in [0.1, 0.15) is 6.17 Å². The van der Waals surface area contributed by atoms with Crippen LogP contribution in [0.4, 0.5) is 4.39 Å². The molecule has 0 bridgehead atoms. The topological polar surface area (TPSA) is 9.23 Å². The van der Waals surface area contributed by atoms with Crippen molar-refractivity contribution in [2.45, 2.75) is 25.1 Å². The van der Waals surface area contributed by atoms with Crippen LogP contribution in [0.2, 0.25) is 0 Å². The summed E-state index contributed by atoms with van der Waals surface area (Å²) >= 11 is 0. The predicted molar refractivity (Wildman–Crippen MR) is 49.3 cm³/mol. The van der Waals surface area contributed by atoms with Crippen LogP contribution in [0.3, 0.4) is 0 Å². The Kier molecular flexibility index (Phi) is 2.60. The number of rotatable bonds is 1. The van der Waals surface area contributed by atoms with Crippen LogP contribution in [-0.2, 0) is 4.74 Å². The smallest absolute Gasteiger partial charge is 0.123 e. The Hall–Kier alpha value is -0.890. The van der Waals surface area contributed by atoms with Crippen LogP contribution in [0, 0.1) is 0 Å². The van der Waals surface area contributed by atoms with E-state index in [-0.39, 0.29) is 12.7 Å². The second kappa shape index (κ2) is 3.88. The molecule has 1 aromatic rings. The number of hydrogen-bond acceptors (Lipinski definition) is 1. The molecule has 1 saturated heterocycles. The van der Waals surface area contributed by atoms with Crippen LogP contribution in [0.5, 0.6) is 0 Å². The van der Waals surface area contributed by atoms with Gasteiger partial charge in [-0.3, -0.25) is 0 Å². The van der Waals surface area contributed by atoms with Crippen LogP contribution in [0.1, 0.15) is 24.5 Å². The standard InChI is InChI=1S/C11H13FO/c12-10-6-7-11(13-8-10)9-4-2-1-3-5-9/h1-5,10-11H,6-8H2/t10-,11+/m0/s1. The minimum Gasteiger partial charge on any atom is -0.371 e. The third-order valence-corrected chi connectivity index (χ3v) is 2.39. The molecule has 1 aliphatic heterocycles. The second-order valence-corrected chi connectivity index (χ2v) is 3.41. The average molecular weight is 180 g/mol. The van der Waals surface area contributed by atoms with E-state index < -0.39 is 6.17 Å². The minimum absolute atomic E-state index is 0.105. The van der Waals surface area contributed by atoms with Crippen molar-refractivity contribution in [1.29, 1.82) is 0 Å². The Morgan fingerprint density at radius 2 is 1.92 bits per heavy atom. The molecule has 2 heteroatoms. The Bertz CT molecular complexity index is 252. The lowest BCUT2D eigenvalue weighted by atomic mass is 10.0. The van der Waals surface area contributed by atoms with E-state index in [0.29, 0.717) is 6.42 Å². The van der Waals surface area contributed by atoms with Gasteiger partial charge in [-0.2, -0.15) is 0 Å². The van der Waals surface area contributed by atoms with Crippen molar-refractivity contribution in [1.82, 2.24) is 0 Å². The molecule has 0 amide bonds. The van der Waals surface area contributed by atoms with Crippen LogP contribution in [0.15, 0.2) is 30.3 Å². The van der Waals surface area contributed by atoms with Crippen LogP contribution in [0.25, 0.3) is 0 Å². The summed E-state index contributed by atoms with van der Waals surface area (Å²) in [7, 11) is 0. The third kappa shape index (κ3) is 2.07. The summed E-state index contributed by atoms with van der Waals surface area (Å²) in [6, 6.07) is 10.0. The van der Waals surface area contributed by atoms with Crippen LogP contribution < -0.4 is 0 Å². The van der Waals surface area contributed by atoms with Crippen molar-refractivity contribution in [3.63, 3.8) is 0 Å². The van der Waals surface area contributed by atoms with Gasteiger partial charge < -0.3 is 4.74 Å². The van der Waals surface area contributed by atoms with E-state index in [4.69, 9.17) is 4.74 Å². The Morgan fingerprint density at radius 3 is 2.54 bits per heavy atom. The molecule has 0 saturated carbocycles. The van der Waals surface area contributed by atoms with Gasteiger partial charge in [0.15, 0.2) is 0 Å². The molecule has 1 heterocycles. The monoisotopic (exact) mass is 180 g/mol. The molecular weight excluding hydrogens is 167 g/mol. The highest BCUT2D eigenvalue weighted by Crippen LogP contribution is 2.28. The molecule has 0 N–H and O–H groups in total. The van der Waals surface area contributed by atoms with Gasteiger partial charge in [0, 0.05) is 0 Å². The van der Waals surface area contributed by atoms with Crippen molar-refractivity contribution < 1.29 is 9.13 Å². The molecule has 1 nitrogen and oxygen atoms in total. The Labute approximate surface area is 77.5 Å². The fraction of sp³-hybridized carbons (Fsp3) is 0.455. The molecule has 2 rings (SSSR count). The quantitative estimate of drug-likeness (QED) is 0.645. The number of alkyl halides is 1. The van der Waals surface area contributed by atoms with Gasteiger partial charge in [0.05, 0.1) is 12.7 Å². The number of benzene rings is 1. The van der Waals surface area contributed by atoms with E-state index in [1.54, 1.807) is 0 Å². The summed E-state index contributed by atoms with van der Waals surface area (Å²) < 4.78 is 18.1. The summed E-state index contributed by atoms with van der Waals surface area (Å²) in [6.07, 6.45) is 0.762. The number of halogens is 1. The van der Waals surface area contributed by atoms with E-state index in [1.165, 1.54) is 0 Å². The fourth-order valence-corrected chi connectivity index (χ4v) is 1.65. The molecule has 1 aromatic carbocycles. The highest BCUT2D eigenvalue weighted by molar-refractivity contribution is 5.17. The molecule has 13 heavy (non-hydrogen) atoms. The third-order valence-electron chi connectivity index (χ3n) is 2.39. The van der Waals surface area contributed by atoms with E-state index in [1.807, 2.05) is 30.3 Å². The first-order chi connectivity index (χ1) is 6.36. The van der Waals surface area contributed by atoms with Crippen LogP contribution in [-0.4, -0.2) is 12.8 Å². The lowest BCUT2D eigenvalue weighted by Gasteiger charge is -2.25. The first-order valence-corrected chi connectivity index (χ1v) is 4.67. The maximum atomic E-state index is 12.7. The van der Waals surface area contributed by atoms with Gasteiger partial charge >= 0.3 is 0 Å². The summed E-state index contributed by atoms with van der Waals surface area (Å²) in [5.74, 6) is 0. The van der Waals surface area contributed by atoms with Gasteiger partial charge in [-0.05, 0) is 18.4 Å². The highest BCUT2D eigenvalue weighted by atomic mass is 19.1. The summed E-state index contributed by atoms with van der Waals surface area (Å²) in [6.45, 7) is 0.250. The SMILES string of the molecule is F[C@H]1CC[C@H](c2ccccc2)OC1. The Morgan fingerprint density at radius 1 is 1.15 bits per heavy atom. The van der Waals surface area contributed by atoms with Gasteiger partial charge in [0.2, 0.25) is 0 Å². The lowest BCUT2D eigenvalue weighted by Crippen LogP contribution is -2.21. The van der Waals surface area contributed by atoms with Crippen molar-refractivity contribution in [2.24, 2.45) is 0 Å². The highest BCUT2D eigenvalue weighted by Gasteiger charge is 2.21. The molecule has 0 unspecified atom stereocenters. The first-order valence-electron chi connectivity index (χ1n) is 4.67. The van der Waals surface area contributed by atoms with Gasteiger partial charge in [-0.15, -0.1) is 0 Å². The van der Waals surface area contributed by atoms with Gasteiger partial charge in [-0.1, -0.05) is 30.3 Å². The summed E-state index contributed by atoms with van der Waals surface area (Å²) in [4.78, 5) is 0. The summed E-state index contributed by atoms with van der Waals surface area (Å²) in [5.41, 5.74) is 1.16. The van der Waals surface area contributed by atoms with Gasteiger partial charge in [-0.25, -0.2) is 4.39 Å². The molecule has 70 valence electrons. The zero-order valence-corrected chi connectivity index (χ0v) is 7.45. The van der Waals surface area contributed by atoms with E-state index >= 15 is 0 Å². The summed E-state index contributed by atoms with van der Waals surface area (Å²) in [5, 5.41) is 0. The van der Waals surface area contributed by atoms with Gasteiger partial charge in [0.25, 0.3) is 0 Å². The van der Waals surface area contributed by atoms with E-state index in [0.717, 1.165) is 12.0 Å². The molecule has 0 aromatic heterocycles. The van der Waals surface area contributed by atoms with E-state index in [9.17, 15) is 4.39 Å². The molecule has 0 radical (unpaired) electrons. The number of hydrogen-bond donors (Lipinski definition) is 0. The largest absolute Gasteiger partial charge is 0.371 e. The molecule has 2 atom stereocenters. The molecule has 0 aliphatic carbocycles. The van der Waals surface area contributed by atoms with Crippen molar-refractivity contribution in [3.8, 4) is 0 Å². The molecule has 1 fully saturated rings. The molecular formula is C11H13FO. The van der Waals surface area contributed by atoms with Crippen molar-refractivity contribution >= 4 is 0 Å². The van der Waals surface area contributed by atoms with E-state index in [2.05, 4.69) is 0 Å². The number of ether oxygens (including phenoxy) is 1. The predicted octanol–water partition coefficient (Wildman–Crippen LogP) is 2.88. The normalized spacial score (nSPS) is 28.7. The second-order valence-electron chi connectivity index (χ2n) is 3.41. The lowest BCUT2D eigenvalue weighted by molar-refractivity contribution is -0.0279. The van der Waals surface area contributed by atoms with Crippen molar-refractivity contribution in [2.75, 3.05) is 6.61 Å². The molecule has 0 spiro atoms. The fourth-order valence-electron chi connectivity index (χ4n) is 1.65. The Balaban J connectivity index is 2.03. The zero-order valence-electron chi connectivity index (χ0n) is 7.45. The van der Waals surface area contributed by atoms with Crippen molar-refractivity contribution in [3.05, 3.63) is 35.9 Å².